The minimum absolute atomic E-state index is 0.0105. The second kappa shape index (κ2) is 5.88. The molecular formula is C16H13N3O4. The average molecular weight is 311 g/mol. The van der Waals surface area contributed by atoms with Gasteiger partial charge in [0.2, 0.25) is 0 Å². The fourth-order valence-electron chi connectivity index (χ4n) is 2.48. The van der Waals surface area contributed by atoms with E-state index in [2.05, 4.69) is 4.98 Å². The number of fused-ring (bicyclic) bond motifs is 1. The second-order valence-electron chi connectivity index (χ2n) is 4.98. The Balaban J connectivity index is 2.02. The highest BCUT2D eigenvalue weighted by molar-refractivity contribution is 5.94. The molecule has 0 aliphatic heterocycles. The van der Waals surface area contributed by atoms with Crippen molar-refractivity contribution in [1.29, 1.82) is 0 Å². The Labute approximate surface area is 131 Å². The van der Waals surface area contributed by atoms with Gasteiger partial charge in [-0.05, 0) is 12.3 Å². The van der Waals surface area contributed by atoms with Crippen LogP contribution >= 0.6 is 0 Å². The van der Waals surface area contributed by atoms with Gasteiger partial charge in [0.25, 0.3) is 5.69 Å². The van der Waals surface area contributed by atoms with Crippen molar-refractivity contribution in [3.05, 3.63) is 70.8 Å². The molecule has 0 bridgehead atoms. The minimum Gasteiger partial charge on any atom is -0.441 e. The van der Waals surface area contributed by atoms with Crippen molar-refractivity contribution >= 4 is 22.6 Å². The first-order valence-corrected chi connectivity index (χ1v) is 6.93. The summed E-state index contributed by atoms with van der Waals surface area (Å²) in [7, 11) is 0. The van der Waals surface area contributed by atoms with Crippen molar-refractivity contribution in [2.45, 2.75) is 13.0 Å². The molecule has 0 N–H and O–H groups in total. The zero-order valence-corrected chi connectivity index (χ0v) is 12.2. The van der Waals surface area contributed by atoms with Crippen molar-refractivity contribution in [2.24, 2.45) is 0 Å². The van der Waals surface area contributed by atoms with Gasteiger partial charge in [-0.1, -0.05) is 30.3 Å². The summed E-state index contributed by atoms with van der Waals surface area (Å²) in [6, 6.07) is 10.2. The molecule has 1 aromatic heterocycles. The summed E-state index contributed by atoms with van der Waals surface area (Å²) in [6.45, 7) is 1.68. The Morgan fingerprint density at radius 2 is 2.04 bits per heavy atom. The Morgan fingerprint density at radius 1 is 1.30 bits per heavy atom. The van der Waals surface area contributed by atoms with Crippen LogP contribution < -0.4 is 0 Å². The molecule has 116 valence electrons. The summed E-state index contributed by atoms with van der Waals surface area (Å²) in [4.78, 5) is 26.6. The van der Waals surface area contributed by atoms with Crippen LogP contribution in [-0.4, -0.2) is 20.6 Å². The largest absolute Gasteiger partial charge is 0.441 e. The van der Waals surface area contributed by atoms with Gasteiger partial charge < -0.3 is 4.74 Å². The molecule has 0 fully saturated rings. The number of benzene rings is 2. The van der Waals surface area contributed by atoms with E-state index in [-0.39, 0.29) is 5.69 Å². The molecule has 0 radical (unpaired) electrons. The van der Waals surface area contributed by atoms with Crippen LogP contribution in [0.4, 0.5) is 10.5 Å². The summed E-state index contributed by atoms with van der Waals surface area (Å²) in [5, 5.41) is 12.5. The zero-order valence-electron chi connectivity index (χ0n) is 12.2. The number of hydrogen-bond acceptors (Lipinski definition) is 5. The standard InChI is InChI=1S/C16H13N3O4/c1-11(23-16(20)18-9-8-17-10-18)13-6-2-4-12-5-3-7-14(15(12)13)19(21)22/h2-11H,1H3. The van der Waals surface area contributed by atoms with Crippen molar-refractivity contribution in [2.75, 3.05) is 0 Å². The number of nitro groups is 1. The third-order valence-electron chi connectivity index (χ3n) is 3.54. The van der Waals surface area contributed by atoms with Gasteiger partial charge in [0.15, 0.2) is 0 Å². The number of non-ortho nitro benzene ring substituents is 1. The van der Waals surface area contributed by atoms with Gasteiger partial charge in [-0.25, -0.2) is 14.3 Å². The number of carbonyl (C=O) groups is 1. The monoisotopic (exact) mass is 311 g/mol. The SMILES string of the molecule is CC(OC(=O)n1ccnc1)c1cccc2cccc([N+](=O)[O-])c12. The number of aromatic nitrogens is 2. The maximum atomic E-state index is 12.0. The van der Waals surface area contributed by atoms with Gasteiger partial charge in [-0.3, -0.25) is 10.1 Å². The number of nitrogens with zero attached hydrogens (tertiary/aromatic N) is 3. The van der Waals surface area contributed by atoms with Gasteiger partial charge in [0.1, 0.15) is 12.4 Å². The molecule has 23 heavy (non-hydrogen) atoms. The summed E-state index contributed by atoms with van der Waals surface area (Å²) in [5.74, 6) is 0. The van der Waals surface area contributed by atoms with Crippen LogP contribution in [0.2, 0.25) is 0 Å². The Kier molecular flexibility index (Phi) is 3.76. The maximum Gasteiger partial charge on any atom is 0.419 e. The van der Waals surface area contributed by atoms with Gasteiger partial charge in [-0.15, -0.1) is 0 Å². The molecule has 1 unspecified atom stereocenters. The zero-order chi connectivity index (χ0) is 16.4. The topological polar surface area (TPSA) is 87.3 Å². The fourth-order valence-corrected chi connectivity index (χ4v) is 2.48. The maximum absolute atomic E-state index is 12.0. The predicted octanol–water partition coefficient (Wildman–Crippen LogP) is 3.69. The Bertz CT molecular complexity index is 869. The smallest absolute Gasteiger partial charge is 0.419 e. The van der Waals surface area contributed by atoms with E-state index in [1.165, 1.54) is 29.4 Å². The molecule has 1 heterocycles. The van der Waals surface area contributed by atoms with Gasteiger partial charge in [0.05, 0.1) is 10.3 Å². The molecule has 3 rings (SSSR count). The van der Waals surface area contributed by atoms with E-state index in [1.807, 2.05) is 0 Å². The van der Waals surface area contributed by atoms with E-state index in [1.54, 1.807) is 37.3 Å². The molecule has 3 aromatic rings. The van der Waals surface area contributed by atoms with E-state index < -0.39 is 17.1 Å². The van der Waals surface area contributed by atoms with Gasteiger partial charge >= 0.3 is 6.09 Å². The third-order valence-corrected chi connectivity index (χ3v) is 3.54. The Morgan fingerprint density at radius 3 is 2.70 bits per heavy atom. The van der Waals surface area contributed by atoms with Crippen molar-refractivity contribution in [3.63, 3.8) is 0 Å². The van der Waals surface area contributed by atoms with Crippen molar-refractivity contribution < 1.29 is 14.5 Å². The highest BCUT2D eigenvalue weighted by atomic mass is 16.6. The van der Waals surface area contributed by atoms with E-state index >= 15 is 0 Å². The van der Waals surface area contributed by atoms with Crippen molar-refractivity contribution in [1.82, 2.24) is 9.55 Å². The van der Waals surface area contributed by atoms with Crippen molar-refractivity contribution in [3.8, 4) is 0 Å². The predicted molar refractivity (Wildman–Crippen MR) is 83.1 cm³/mol. The lowest BCUT2D eigenvalue weighted by Gasteiger charge is -2.15. The molecule has 0 spiro atoms. The van der Waals surface area contributed by atoms with Gasteiger partial charge in [0, 0.05) is 24.0 Å². The minimum atomic E-state index is -0.644. The van der Waals surface area contributed by atoms with Crippen LogP contribution in [0.1, 0.15) is 18.6 Å². The summed E-state index contributed by atoms with van der Waals surface area (Å²) in [5.41, 5.74) is 0.576. The van der Waals surface area contributed by atoms with Crippen LogP contribution in [0.15, 0.2) is 55.1 Å². The summed E-state index contributed by atoms with van der Waals surface area (Å²) < 4.78 is 6.59. The molecule has 0 aliphatic rings. The molecular weight excluding hydrogens is 298 g/mol. The lowest BCUT2D eigenvalue weighted by atomic mass is 9.99. The molecule has 0 saturated carbocycles. The highest BCUT2D eigenvalue weighted by Gasteiger charge is 2.21. The van der Waals surface area contributed by atoms with E-state index in [4.69, 9.17) is 4.74 Å². The molecule has 0 saturated heterocycles. The lowest BCUT2D eigenvalue weighted by molar-refractivity contribution is -0.383. The number of imidazole rings is 1. The average Bonchev–Trinajstić information content (AvgIpc) is 3.08. The quantitative estimate of drug-likeness (QED) is 0.543. The van der Waals surface area contributed by atoms with E-state index in [0.717, 1.165) is 5.39 Å². The van der Waals surface area contributed by atoms with Crippen LogP contribution in [0.25, 0.3) is 10.8 Å². The molecule has 1 atom stereocenters. The number of nitro benzene ring substituents is 1. The second-order valence-corrected chi connectivity index (χ2v) is 4.98. The molecule has 7 nitrogen and oxygen atoms in total. The van der Waals surface area contributed by atoms with E-state index in [0.29, 0.717) is 10.9 Å². The van der Waals surface area contributed by atoms with Gasteiger partial charge in [-0.2, -0.15) is 0 Å². The molecule has 2 aromatic carbocycles. The molecule has 7 heteroatoms. The summed E-state index contributed by atoms with van der Waals surface area (Å²) in [6.07, 6.45) is 3.04. The number of rotatable bonds is 3. The third kappa shape index (κ3) is 2.76. The van der Waals surface area contributed by atoms with Crippen LogP contribution in [-0.2, 0) is 4.74 Å². The summed E-state index contributed by atoms with van der Waals surface area (Å²) >= 11 is 0. The lowest BCUT2D eigenvalue weighted by Crippen LogP contribution is -2.14. The first-order chi connectivity index (χ1) is 11.1. The number of ether oxygens (including phenoxy) is 1. The fraction of sp³-hybridized carbons (Fsp3) is 0.125. The first kappa shape index (κ1) is 14.7. The number of carbonyl (C=O) groups excluding carboxylic acids is 1. The molecule has 0 amide bonds. The number of hydrogen-bond donors (Lipinski definition) is 0. The normalized spacial score (nSPS) is 12.0. The van der Waals surface area contributed by atoms with Crippen LogP contribution in [0.3, 0.4) is 0 Å². The highest BCUT2D eigenvalue weighted by Crippen LogP contribution is 2.33. The van der Waals surface area contributed by atoms with Crippen LogP contribution in [0.5, 0.6) is 0 Å². The first-order valence-electron chi connectivity index (χ1n) is 6.93. The Hall–Kier alpha value is -3.22. The van der Waals surface area contributed by atoms with E-state index in [9.17, 15) is 14.9 Å². The molecule has 0 aliphatic carbocycles. The van der Waals surface area contributed by atoms with Crippen LogP contribution in [0, 0.1) is 10.1 Å².